The molecule has 0 fully saturated rings. The molecule has 0 saturated heterocycles. The van der Waals surface area contributed by atoms with Gasteiger partial charge in [-0.15, -0.1) is 0 Å². The molecule has 1 unspecified atom stereocenters. The van der Waals surface area contributed by atoms with Crippen LogP contribution in [0.25, 0.3) is 0 Å². The SMILES string of the molecule is CCCCCCC(C)Oc1nc(Cl)ncc1[N+](=O)[O-]. The van der Waals surface area contributed by atoms with Crippen molar-refractivity contribution in [3.63, 3.8) is 0 Å². The first-order valence-corrected chi connectivity index (χ1v) is 6.76. The van der Waals surface area contributed by atoms with Crippen LogP contribution in [-0.4, -0.2) is 21.0 Å². The van der Waals surface area contributed by atoms with E-state index < -0.39 is 4.92 Å². The van der Waals surface area contributed by atoms with Crippen molar-refractivity contribution in [3.05, 3.63) is 21.6 Å². The van der Waals surface area contributed by atoms with Gasteiger partial charge >= 0.3 is 5.69 Å². The summed E-state index contributed by atoms with van der Waals surface area (Å²) in [6.07, 6.45) is 6.28. The zero-order chi connectivity index (χ0) is 14.3. The molecule has 1 heterocycles. The molecule has 0 radical (unpaired) electrons. The Labute approximate surface area is 117 Å². The highest BCUT2D eigenvalue weighted by Crippen LogP contribution is 2.26. The highest BCUT2D eigenvalue weighted by molar-refractivity contribution is 6.28. The van der Waals surface area contributed by atoms with Gasteiger partial charge in [0.1, 0.15) is 6.20 Å². The number of ether oxygens (including phenoxy) is 1. The van der Waals surface area contributed by atoms with Crippen LogP contribution in [0.3, 0.4) is 0 Å². The summed E-state index contributed by atoms with van der Waals surface area (Å²) in [5.74, 6) is -0.0620. The Balaban J connectivity index is 2.60. The van der Waals surface area contributed by atoms with Gasteiger partial charge in [0.15, 0.2) is 0 Å². The Morgan fingerprint density at radius 3 is 2.84 bits per heavy atom. The van der Waals surface area contributed by atoms with Gasteiger partial charge in [0.2, 0.25) is 5.28 Å². The largest absolute Gasteiger partial charge is 0.470 e. The number of rotatable bonds is 8. The third-order valence-electron chi connectivity index (χ3n) is 2.68. The molecule has 0 aliphatic carbocycles. The van der Waals surface area contributed by atoms with Crippen LogP contribution in [0.5, 0.6) is 5.88 Å². The van der Waals surface area contributed by atoms with Gasteiger partial charge in [-0.25, -0.2) is 4.98 Å². The molecule has 1 aromatic rings. The van der Waals surface area contributed by atoms with Gasteiger partial charge in [-0.05, 0) is 31.4 Å². The van der Waals surface area contributed by atoms with E-state index in [0.29, 0.717) is 0 Å². The van der Waals surface area contributed by atoms with Crippen molar-refractivity contribution in [2.45, 2.75) is 52.1 Å². The van der Waals surface area contributed by atoms with Gasteiger partial charge in [0.05, 0.1) is 11.0 Å². The smallest absolute Gasteiger partial charge is 0.349 e. The van der Waals surface area contributed by atoms with E-state index in [0.717, 1.165) is 25.5 Å². The number of unbranched alkanes of at least 4 members (excludes halogenated alkanes) is 3. The zero-order valence-corrected chi connectivity index (χ0v) is 11.9. The lowest BCUT2D eigenvalue weighted by molar-refractivity contribution is -0.386. The lowest BCUT2D eigenvalue weighted by Gasteiger charge is -2.13. The van der Waals surface area contributed by atoms with Gasteiger partial charge in [-0.1, -0.05) is 26.2 Å². The highest BCUT2D eigenvalue weighted by atomic mass is 35.5. The fourth-order valence-electron chi connectivity index (χ4n) is 1.66. The van der Waals surface area contributed by atoms with Gasteiger partial charge in [0.25, 0.3) is 5.88 Å². The van der Waals surface area contributed by atoms with Gasteiger partial charge in [-0.3, -0.25) is 10.1 Å². The van der Waals surface area contributed by atoms with E-state index >= 15 is 0 Å². The fourth-order valence-corrected chi connectivity index (χ4v) is 1.79. The minimum Gasteiger partial charge on any atom is -0.470 e. The Bertz CT molecular complexity index is 429. The average Bonchev–Trinajstić information content (AvgIpc) is 2.34. The summed E-state index contributed by atoms with van der Waals surface area (Å²) >= 11 is 5.63. The van der Waals surface area contributed by atoms with E-state index in [4.69, 9.17) is 16.3 Å². The van der Waals surface area contributed by atoms with E-state index in [-0.39, 0.29) is 23.0 Å². The normalized spacial score (nSPS) is 12.2. The van der Waals surface area contributed by atoms with Crippen LogP contribution in [-0.2, 0) is 0 Å². The zero-order valence-electron chi connectivity index (χ0n) is 11.1. The molecule has 1 aromatic heterocycles. The Kier molecular flexibility index (Phi) is 6.49. The van der Waals surface area contributed by atoms with Crippen molar-refractivity contribution in [2.75, 3.05) is 0 Å². The van der Waals surface area contributed by atoms with Crippen molar-refractivity contribution in [1.82, 2.24) is 9.97 Å². The van der Waals surface area contributed by atoms with E-state index in [2.05, 4.69) is 16.9 Å². The number of hydrogen-bond donors (Lipinski definition) is 0. The molecule has 1 rings (SSSR count). The summed E-state index contributed by atoms with van der Waals surface area (Å²) < 4.78 is 5.49. The number of aromatic nitrogens is 2. The van der Waals surface area contributed by atoms with E-state index in [9.17, 15) is 10.1 Å². The molecule has 0 N–H and O–H groups in total. The standard InChI is InChI=1S/C12H18ClN3O3/c1-3-4-5-6-7-9(2)19-11-10(16(17)18)8-14-12(13)15-11/h8-9H,3-7H2,1-2H3. The molecule has 0 aliphatic rings. The first-order chi connectivity index (χ1) is 9.04. The Morgan fingerprint density at radius 2 is 2.21 bits per heavy atom. The predicted octanol–water partition coefficient (Wildman–Crippen LogP) is 3.78. The topological polar surface area (TPSA) is 78.2 Å². The maximum atomic E-state index is 10.8. The van der Waals surface area contributed by atoms with E-state index in [1.807, 2.05) is 6.92 Å². The molecule has 6 nitrogen and oxygen atoms in total. The number of nitro groups is 1. The Morgan fingerprint density at radius 1 is 1.47 bits per heavy atom. The molecule has 0 amide bonds. The molecular formula is C12H18ClN3O3. The maximum Gasteiger partial charge on any atom is 0.349 e. The summed E-state index contributed by atoms with van der Waals surface area (Å²) in [6, 6.07) is 0. The van der Waals surface area contributed by atoms with Gasteiger partial charge in [0, 0.05) is 0 Å². The Hall–Kier alpha value is -1.43. The minimum absolute atomic E-state index is 0.0567. The van der Waals surface area contributed by atoms with Crippen LogP contribution >= 0.6 is 11.6 Å². The summed E-state index contributed by atoms with van der Waals surface area (Å²) in [6.45, 7) is 4.01. The molecule has 1 atom stereocenters. The summed E-state index contributed by atoms with van der Waals surface area (Å²) in [5.41, 5.74) is -0.259. The van der Waals surface area contributed by atoms with Crippen molar-refractivity contribution < 1.29 is 9.66 Å². The second-order valence-electron chi connectivity index (χ2n) is 4.36. The number of halogens is 1. The summed E-state index contributed by atoms with van der Waals surface area (Å²) in [5, 5.41) is 10.8. The van der Waals surface area contributed by atoms with E-state index in [1.54, 1.807) is 0 Å². The third-order valence-corrected chi connectivity index (χ3v) is 2.86. The lowest BCUT2D eigenvalue weighted by atomic mass is 10.1. The van der Waals surface area contributed by atoms with Crippen molar-refractivity contribution >= 4 is 17.3 Å². The van der Waals surface area contributed by atoms with Crippen LogP contribution in [0, 0.1) is 10.1 Å². The lowest BCUT2D eigenvalue weighted by Crippen LogP contribution is -2.14. The van der Waals surface area contributed by atoms with Crippen LogP contribution < -0.4 is 4.74 Å². The third kappa shape index (κ3) is 5.38. The molecule has 0 aromatic carbocycles. The number of nitrogens with zero attached hydrogens (tertiary/aromatic N) is 3. The molecule has 106 valence electrons. The maximum absolute atomic E-state index is 10.8. The molecular weight excluding hydrogens is 270 g/mol. The van der Waals surface area contributed by atoms with Crippen LogP contribution in [0.4, 0.5) is 5.69 Å². The van der Waals surface area contributed by atoms with E-state index in [1.165, 1.54) is 12.8 Å². The molecule has 19 heavy (non-hydrogen) atoms. The molecule has 0 saturated carbocycles. The minimum atomic E-state index is -0.574. The molecule has 0 spiro atoms. The van der Waals surface area contributed by atoms with Crippen molar-refractivity contribution in [3.8, 4) is 5.88 Å². The predicted molar refractivity (Wildman–Crippen MR) is 72.5 cm³/mol. The summed E-state index contributed by atoms with van der Waals surface area (Å²) in [7, 11) is 0. The molecule has 0 aliphatic heterocycles. The summed E-state index contributed by atoms with van der Waals surface area (Å²) in [4.78, 5) is 17.6. The highest BCUT2D eigenvalue weighted by Gasteiger charge is 2.20. The van der Waals surface area contributed by atoms with Crippen LogP contribution in [0.15, 0.2) is 6.20 Å². The quantitative estimate of drug-likeness (QED) is 0.315. The van der Waals surface area contributed by atoms with Crippen LogP contribution in [0.2, 0.25) is 5.28 Å². The monoisotopic (exact) mass is 287 g/mol. The number of hydrogen-bond acceptors (Lipinski definition) is 5. The van der Waals surface area contributed by atoms with Gasteiger partial charge < -0.3 is 4.74 Å². The molecule has 0 bridgehead atoms. The fraction of sp³-hybridized carbons (Fsp3) is 0.667. The second-order valence-corrected chi connectivity index (χ2v) is 4.70. The van der Waals surface area contributed by atoms with Gasteiger partial charge in [-0.2, -0.15) is 4.98 Å². The first kappa shape index (κ1) is 15.6. The first-order valence-electron chi connectivity index (χ1n) is 6.38. The van der Waals surface area contributed by atoms with Crippen molar-refractivity contribution in [1.29, 1.82) is 0 Å². The average molecular weight is 288 g/mol. The van der Waals surface area contributed by atoms with Crippen molar-refractivity contribution in [2.24, 2.45) is 0 Å². The van der Waals surface area contributed by atoms with Crippen LogP contribution in [0.1, 0.15) is 46.0 Å². The molecule has 7 heteroatoms. The second kappa shape index (κ2) is 7.89.